The van der Waals surface area contributed by atoms with Crippen LogP contribution in [0.5, 0.6) is 0 Å². The van der Waals surface area contributed by atoms with Gasteiger partial charge in [0.15, 0.2) is 0 Å². The van der Waals surface area contributed by atoms with Gasteiger partial charge in [-0.3, -0.25) is 8.37 Å². The molecule has 0 fully saturated rings. The second-order valence-corrected chi connectivity index (χ2v) is 6.01. The number of nitrogens with zero attached hydrogens (tertiary/aromatic N) is 1. The zero-order valence-corrected chi connectivity index (χ0v) is 13.6. The van der Waals surface area contributed by atoms with Crippen molar-refractivity contribution in [1.29, 1.82) is 0 Å². The van der Waals surface area contributed by atoms with Gasteiger partial charge in [-0.2, -0.15) is 16.8 Å². The summed E-state index contributed by atoms with van der Waals surface area (Å²) in [6.07, 6.45) is 1.89. The maximum Gasteiger partial charge on any atom is 3.00 e. The van der Waals surface area contributed by atoms with E-state index in [1.165, 1.54) is 0 Å². The summed E-state index contributed by atoms with van der Waals surface area (Å²) in [6.45, 7) is 0.274. The van der Waals surface area contributed by atoms with Gasteiger partial charge in [0.1, 0.15) is 0 Å². The van der Waals surface area contributed by atoms with E-state index in [1.807, 2.05) is 0 Å². The average molecular weight is 349 g/mol. The maximum absolute atomic E-state index is 10.5. The van der Waals surface area contributed by atoms with Crippen LogP contribution in [0.25, 0.3) is 5.32 Å². The second-order valence-electron chi connectivity index (χ2n) is 2.72. The Morgan fingerprint density at radius 2 is 1.19 bits per heavy atom. The summed E-state index contributed by atoms with van der Waals surface area (Å²) >= 11 is 0. The first kappa shape index (κ1) is 19.2. The molecule has 0 heterocycles. The summed E-state index contributed by atoms with van der Waals surface area (Å²) in [7, 11) is -6.85. The Labute approximate surface area is 121 Å². The Kier molecular flexibility index (Phi) is 10.7. The van der Waals surface area contributed by atoms with Crippen molar-refractivity contribution in [3.8, 4) is 0 Å². The van der Waals surface area contributed by atoms with Crippen LogP contribution in [-0.4, -0.2) is 55.7 Å². The van der Waals surface area contributed by atoms with E-state index in [0.29, 0.717) is 0 Å². The molecule has 0 N–H and O–H groups in total. The molecule has 0 aliphatic heterocycles. The van der Waals surface area contributed by atoms with Crippen LogP contribution in [0.15, 0.2) is 0 Å². The maximum atomic E-state index is 10.5. The minimum absolute atomic E-state index is 0. The van der Waals surface area contributed by atoms with Crippen LogP contribution in [0.4, 0.5) is 0 Å². The van der Waals surface area contributed by atoms with Crippen molar-refractivity contribution in [1.82, 2.24) is 0 Å². The minimum atomic E-state index is -3.43. The average Bonchev–Trinajstić information content (AvgIpc) is 1.98. The summed E-state index contributed by atoms with van der Waals surface area (Å²) in [4.78, 5) is 0. The van der Waals surface area contributed by atoms with Crippen LogP contribution in [0, 0.1) is 0 Å². The first-order valence-electron chi connectivity index (χ1n) is 4.03. The van der Waals surface area contributed by atoms with Crippen LogP contribution in [-0.2, 0) is 61.3 Å². The zero-order chi connectivity index (χ0) is 11.9. The quantitative estimate of drug-likeness (QED) is 0.425. The summed E-state index contributed by atoms with van der Waals surface area (Å²) < 4.78 is 50.7. The van der Waals surface area contributed by atoms with Crippen molar-refractivity contribution in [3.63, 3.8) is 0 Å². The predicted octanol–water partition coefficient (Wildman–Crippen LogP) is -0.690. The van der Waals surface area contributed by atoms with E-state index < -0.39 is 20.2 Å². The predicted molar refractivity (Wildman–Crippen MR) is 54.7 cm³/mol. The van der Waals surface area contributed by atoms with E-state index in [-0.39, 0.29) is 59.0 Å². The molecule has 0 saturated carbocycles. The topological polar surface area (TPSA) is 101 Å². The van der Waals surface area contributed by atoms with Crippen LogP contribution in [0.3, 0.4) is 0 Å². The van der Waals surface area contributed by atoms with E-state index in [0.717, 1.165) is 12.5 Å². The van der Waals surface area contributed by atoms with E-state index >= 15 is 0 Å². The fourth-order valence-electron chi connectivity index (χ4n) is 0.618. The Morgan fingerprint density at radius 3 is 1.44 bits per heavy atom. The third kappa shape index (κ3) is 17.3. The van der Waals surface area contributed by atoms with Gasteiger partial charge in [0, 0.05) is 13.2 Å². The van der Waals surface area contributed by atoms with Gasteiger partial charge < -0.3 is 5.32 Å². The first-order chi connectivity index (χ1) is 6.71. The van der Waals surface area contributed by atoms with Gasteiger partial charge in [-0.15, -0.1) is 13.1 Å². The van der Waals surface area contributed by atoms with Gasteiger partial charge in [0.05, 0.1) is 12.5 Å². The molecule has 0 rings (SSSR count). The molecular weight excluding hydrogens is 335 g/mol. The summed E-state index contributed by atoms with van der Waals surface area (Å²) in [5, 5.41) is 3.80. The van der Waals surface area contributed by atoms with Gasteiger partial charge in [-0.1, -0.05) is 0 Å². The van der Waals surface area contributed by atoms with Crippen molar-refractivity contribution >= 4 is 20.2 Å². The number of hydrogen-bond donors (Lipinski definition) is 0. The molecule has 0 amide bonds. The molecule has 0 aromatic carbocycles. The molecule has 7 nitrogen and oxygen atoms in total. The zero-order valence-electron chi connectivity index (χ0n) is 9.12. The summed E-state index contributed by atoms with van der Waals surface area (Å²) in [5.74, 6) is 0. The molecule has 0 saturated heterocycles. The standard InChI is InChI=1S/C6H14NO6S2.Y/c1-14(8,9)12-5-3-7-4-6-13-15(2,10)11;/h3-6H2,1-2H3;/q-1;+3. The van der Waals surface area contributed by atoms with E-state index in [1.54, 1.807) is 0 Å². The third-order valence-corrected chi connectivity index (χ3v) is 2.28. The molecule has 92 valence electrons. The van der Waals surface area contributed by atoms with Crippen molar-refractivity contribution < 1.29 is 57.9 Å². The molecule has 0 aromatic heterocycles. The largest absolute Gasteiger partial charge is 3.00 e. The van der Waals surface area contributed by atoms with Crippen molar-refractivity contribution in [3.05, 3.63) is 5.32 Å². The fourth-order valence-corrected chi connectivity index (χ4v) is 1.37. The van der Waals surface area contributed by atoms with Gasteiger partial charge in [-0.05, 0) is 0 Å². The van der Waals surface area contributed by atoms with Crippen molar-refractivity contribution in [2.45, 2.75) is 0 Å². The molecule has 0 bridgehead atoms. The molecule has 0 aliphatic carbocycles. The minimum Gasteiger partial charge on any atom is -0.658 e. The summed E-state index contributed by atoms with van der Waals surface area (Å²) in [5.41, 5.74) is 0. The molecule has 0 radical (unpaired) electrons. The number of rotatable bonds is 8. The third-order valence-electron chi connectivity index (χ3n) is 1.09. The second kappa shape index (κ2) is 8.90. The van der Waals surface area contributed by atoms with Crippen LogP contribution in [0.1, 0.15) is 0 Å². The smallest absolute Gasteiger partial charge is 0.658 e. The van der Waals surface area contributed by atoms with E-state index in [9.17, 15) is 16.8 Å². The van der Waals surface area contributed by atoms with Crippen LogP contribution >= 0.6 is 0 Å². The van der Waals surface area contributed by atoms with Gasteiger partial charge in [0.2, 0.25) is 0 Å². The molecule has 16 heavy (non-hydrogen) atoms. The van der Waals surface area contributed by atoms with Gasteiger partial charge in [0.25, 0.3) is 20.2 Å². The molecule has 0 spiro atoms. The van der Waals surface area contributed by atoms with Crippen molar-refractivity contribution in [2.75, 3.05) is 38.8 Å². The molecule has 0 atom stereocenters. The fraction of sp³-hybridized carbons (Fsp3) is 1.00. The van der Waals surface area contributed by atoms with Crippen LogP contribution in [0.2, 0.25) is 0 Å². The SMILES string of the molecule is CS(=O)(=O)OCC[N-]CCOS(C)(=O)=O.[Y+3]. The molecule has 0 unspecified atom stereocenters. The molecule has 0 aliphatic rings. The summed E-state index contributed by atoms with van der Waals surface area (Å²) in [6, 6.07) is 0. The Balaban J connectivity index is 0. The van der Waals surface area contributed by atoms with Crippen molar-refractivity contribution in [2.24, 2.45) is 0 Å². The molecule has 10 heteroatoms. The van der Waals surface area contributed by atoms with E-state index in [2.05, 4.69) is 13.7 Å². The van der Waals surface area contributed by atoms with Crippen LogP contribution < -0.4 is 0 Å². The number of hydrogen-bond acceptors (Lipinski definition) is 6. The monoisotopic (exact) mass is 349 g/mol. The normalized spacial score (nSPS) is 12.1. The van der Waals surface area contributed by atoms with Gasteiger partial charge in [-0.25, -0.2) is 0 Å². The Morgan fingerprint density at radius 1 is 0.875 bits per heavy atom. The molecular formula is C6H14NO6S2Y+2. The Hall–Kier alpha value is 0.884. The first-order valence-corrected chi connectivity index (χ1v) is 7.66. The van der Waals surface area contributed by atoms with E-state index in [4.69, 9.17) is 0 Å². The molecule has 0 aromatic rings. The van der Waals surface area contributed by atoms with Gasteiger partial charge >= 0.3 is 32.7 Å². The Bertz CT molecular complexity index is 328.